The van der Waals surface area contributed by atoms with E-state index in [2.05, 4.69) is 78.3 Å². The predicted octanol–water partition coefficient (Wildman–Crippen LogP) is 10.0. The zero-order valence-electron chi connectivity index (χ0n) is 36.1. The summed E-state index contributed by atoms with van der Waals surface area (Å²) in [6.45, 7) is 37.1. The van der Waals surface area contributed by atoms with Crippen molar-refractivity contribution in [2.75, 3.05) is 26.4 Å². The Labute approximate surface area is 322 Å². The van der Waals surface area contributed by atoms with E-state index in [0.717, 1.165) is 0 Å². The van der Waals surface area contributed by atoms with Gasteiger partial charge in [0, 0.05) is 12.0 Å². The second kappa shape index (κ2) is 24.1. The molecule has 0 fully saturated rings. The molecule has 14 heteroatoms. The Balaban J connectivity index is -0.00000125. The predicted molar refractivity (Wildman–Crippen MR) is 214 cm³/mol. The van der Waals surface area contributed by atoms with E-state index in [1.165, 1.54) is 6.42 Å². The van der Waals surface area contributed by atoms with Crippen LogP contribution in [0.1, 0.15) is 156 Å². The first kappa shape index (κ1) is 54.8. The van der Waals surface area contributed by atoms with Gasteiger partial charge in [-0.25, -0.2) is 4.57 Å². The first-order chi connectivity index (χ1) is 23.3. The van der Waals surface area contributed by atoms with E-state index >= 15 is 0 Å². The SMILES string of the molecule is CC.CC(C)(C)CC(C)(C)C(=O)O.CCC.CCn1cc(COP(=O)(O)OCC(C)(C)COCC(C)(C)CCOC(=O)C(C)(S)CC(C)(C)C)nn1. The Morgan fingerprint density at radius 2 is 1.31 bits per heavy atom. The number of phosphoric acid groups is 1. The minimum atomic E-state index is -4.26. The number of carboxylic acid groups (broad SMARTS) is 1. The molecule has 52 heavy (non-hydrogen) atoms. The third kappa shape index (κ3) is 28.9. The van der Waals surface area contributed by atoms with Crippen molar-refractivity contribution in [1.29, 1.82) is 0 Å². The number of aliphatic carboxylic acids is 1. The van der Waals surface area contributed by atoms with E-state index in [4.69, 9.17) is 23.6 Å². The number of carboxylic acids is 1. The highest BCUT2D eigenvalue weighted by Crippen LogP contribution is 2.45. The van der Waals surface area contributed by atoms with Crippen LogP contribution in [0.2, 0.25) is 0 Å². The zero-order valence-corrected chi connectivity index (χ0v) is 37.9. The largest absolute Gasteiger partial charge is 0.481 e. The molecule has 0 spiro atoms. The molecule has 0 bridgehead atoms. The maximum absolute atomic E-state index is 12.5. The van der Waals surface area contributed by atoms with Gasteiger partial charge in [0.2, 0.25) is 0 Å². The molecule has 1 aromatic heterocycles. The third-order valence-electron chi connectivity index (χ3n) is 6.77. The average Bonchev–Trinajstić information content (AvgIpc) is 3.43. The molecule has 0 aliphatic heterocycles. The van der Waals surface area contributed by atoms with Crippen LogP contribution in [-0.4, -0.2) is 68.1 Å². The summed E-state index contributed by atoms with van der Waals surface area (Å²) in [7, 11) is -4.26. The topological polar surface area (TPSA) is 159 Å². The first-order valence-electron chi connectivity index (χ1n) is 18.5. The number of carbonyl (C=O) groups is 2. The van der Waals surface area contributed by atoms with Crippen LogP contribution in [0, 0.1) is 27.1 Å². The molecule has 0 amide bonds. The Kier molecular flexibility index (Phi) is 25.4. The number of thiol groups is 1. The summed E-state index contributed by atoms with van der Waals surface area (Å²) in [5.41, 5.74) is -0.875. The fourth-order valence-corrected chi connectivity index (χ4v) is 6.22. The molecule has 1 rings (SSSR count). The smallest absolute Gasteiger partial charge is 0.472 e. The Morgan fingerprint density at radius 3 is 1.71 bits per heavy atom. The van der Waals surface area contributed by atoms with Crippen LogP contribution in [0.4, 0.5) is 0 Å². The number of carbonyl (C=O) groups excluding carboxylic acids is 1. The summed E-state index contributed by atoms with van der Waals surface area (Å²) in [4.78, 5) is 33.2. The number of aromatic nitrogens is 3. The van der Waals surface area contributed by atoms with Gasteiger partial charge in [0.05, 0.1) is 38.0 Å². The van der Waals surface area contributed by atoms with E-state index in [9.17, 15) is 19.0 Å². The lowest BCUT2D eigenvalue weighted by Crippen LogP contribution is -2.36. The van der Waals surface area contributed by atoms with Gasteiger partial charge in [-0.15, -0.1) is 5.10 Å². The van der Waals surface area contributed by atoms with E-state index in [1.54, 1.807) is 31.6 Å². The highest BCUT2D eigenvalue weighted by Gasteiger charge is 2.36. The van der Waals surface area contributed by atoms with E-state index in [-0.39, 0.29) is 42.0 Å². The molecule has 0 saturated carbocycles. The second-order valence-electron chi connectivity index (χ2n) is 17.9. The standard InChI is InChI=1S/C24H46N3O7PS.C9H18O2.C3H8.C2H6/c1-10-27-13-19(25-26-27)14-33-35(29,30)34-18-23(7,8)17-31-16-22(5,6)11-12-32-20(28)24(9,36)15-21(2,3)4;1-8(2,3)6-9(4,5)7(10)11;1-3-2;1-2/h13,36H,10-12,14-18H2,1-9H3,(H,29,30);6H2,1-5H3,(H,10,11);3H2,1-2H3;1-2H3. The molecule has 2 atom stereocenters. The summed E-state index contributed by atoms with van der Waals surface area (Å²) in [6.07, 6.45) is 4.83. The Hall–Kier alpha value is -1.50. The zero-order chi connectivity index (χ0) is 41.8. The van der Waals surface area contributed by atoms with Gasteiger partial charge in [-0.1, -0.05) is 109 Å². The van der Waals surface area contributed by atoms with Gasteiger partial charge < -0.3 is 19.5 Å². The summed E-state index contributed by atoms with van der Waals surface area (Å²) >= 11 is 4.52. The number of esters is 1. The van der Waals surface area contributed by atoms with Crippen LogP contribution in [-0.2, 0) is 45.8 Å². The van der Waals surface area contributed by atoms with Crippen molar-refractivity contribution in [3.05, 3.63) is 11.9 Å². The van der Waals surface area contributed by atoms with Gasteiger partial charge in [0.1, 0.15) is 17.0 Å². The molecule has 0 aliphatic rings. The van der Waals surface area contributed by atoms with Crippen LogP contribution in [0.3, 0.4) is 0 Å². The van der Waals surface area contributed by atoms with Crippen molar-refractivity contribution >= 4 is 32.4 Å². The fourth-order valence-electron chi connectivity index (χ4n) is 4.80. The average molecular weight is 784 g/mol. The molecule has 2 N–H and O–H groups in total. The minimum Gasteiger partial charge on any atom is -0.481 e. The molecule has 1 heterocycles. The summed E-state index contributed by atoms with van der Waals surface area (Å²) < 4.78 is 34.6. The number of aryl methyl sites for hydroxylation is 1. The van der Waals surface area contributed by atoms with Gasteiger partial charge in [-0.05, 0) is 63.2 Å². The van der Waals surface area contributed by atoms with Gasteiger partial charge in [-0.3, -0.25) is 23.3 Å². The quantitative estimate of drug-likeness (QED) is 0.0739. The molecule has 310 valence electrons. The molecule has 1 aromatic rings. The Bertz CT molecular complexity index is 1190. The van der Waals surface area contributed by atoms with Gasteiger partial charge in [0.25, 0.3) is 0 Å². The summed E-state index contributed by atoms with van der Waals surface area (Å²) in [6, 6.07) is 0. The summed E-state index contributed by atoms with van der Waals surface area (Å²) in [5.74, 6) is -1.03. The third-order valence-corrected chi connectivity index (χ3v) is 8.02. The lowest BCUT2D eigenvalue weighted by atomic mass is 9.76. The van der Waals surface area contributed by atoms with Crippen molar-refractivity contribution in [3.63, 3.8) is 0 Å². The van der Waals surface area contributed by atoms with E-state index in [0.29, 0.717) is 44.7 Å². The molecular weight excluding hydrogens is 705 g/mol. The maximum atomic E-state index is 12.5. The van der Waals surface area contributed by atoms with E-state index < -0.39 is 29.4 Å². The van der Waals surface area contributed by atoms with Gasteiger partial charge >= 0.3 is 19.8 Å². The number of nitrogens with zero attached hydrogens (tertiary/aromatic N) is 3. The molecular formula is C38H78N3O9PS. The van der Waals surface area contributed by atoms with Crippen LogP contribution in [0.15, 0.2) is 6.20 Å². The number of hydrogen-bond acceptors (Lipinski definition) is 10. The van der Waals surface area contributed by atoms with E-state index in [1.807, 2.05) is 48.5 Å². The molecule has 2 unspecified atom stereocenters. The molecule has 0 radical (unpaired) electrons. The number of phosphoric ester groups is 1. The molecule has 0 aliphatic carbocycles. The molecule has 0 saturated heterocycles. The van der Waals surface area contributed by atoms with Crippen molar-refractivity contribution in [1.82, 2.24) is 15.0 Å². The van der Waals surface area contributed by atoms with Gasteiger partial charge in [-0.2, -0.15) is 12.6 Å². The number of rotatable bonds is 18. The summed E-state index contributed by atoms with van der Waals surface area (Å²) in [5, 5.41) is 16.5. The first-order valence-corrected chi connectivity index (χ1v) is 20.5. The van der Waals surface area contributed by atoms with Crippen LogP contribution in [0.5, 0.6) is 0 Å². The van der Waals surface area contributed by atoms with Crippen LogP contribution in [0.25, 0.3) is 0 Å². The van der Waals surface area contributed by atoms with Crippen molar-refractivity contribution in [2.45, 2.75) is 168 Å². The van der Waals surface area contributed by atoms with Gasteiger partial charge in [0.15, 0.2) is 0 Å². The highest BCUT2D eigenvalue weighted by atomic mass is 32.1. The number of hydrogen-bond donors (Lipinski definition) is 3. The highest BCUT2D eigenvalue weighted by molar-refractivity contribution is 7.82. The molecule has 12 nitrogen and oxygen atoms in total. The normalized spacial score (nSPS) is 14.6. The van der Waals surface area contributed by atoms with Crippen molar-refractivity contribution in [2.24, 2.45) is 27.1 Å². The van der Waals surface area contributed by atoms with Crippen LogP contribution >= 0.6 is 20.5 Å². The monoisotopic (exact) mass is 784 g/mol. The lowest BCUT2D eigenvalue weighted by Gasteiger charge is -2.31. The fraction of sp³-hybridized carbons (Fsp3) is 0.895. The Morgan fingerprint density at radius 1 is 0.827 bits per heavy atom. The minimum absolute atomic E-state index is 0.0330. The van der Waals surface area contributed by atoms with Crippen LogP contribution < -0.4 is 0 Å². The van der Waals surface area contributed by atoms with Crippen molar-refractivity contribution < 1.29 is 42.7 Å². The lowest BCUT2D eigenvalue weighted by molar-refractivity contribution is -0.149. The second-order valence-corrected chi connectivity index (χ2v) is 20.4. The maximum Gasteiger partial charge on any atom is 0.472 e. The number of ether oxygens (including phenoxy) is 2. The molecule has 0 aromatic carbocycles. The van der Waals surface area contributed by atoms with Crippen molar-refractivity contribution in [3.8, 4) is 0 Å².